The predicted molar refractivity (Wildman–Crippen MR) is 82.5 cm³/mol. The second kappa shape index (κ2) is 9.42. The highest BCUT2D eigenvalue weighted by Gasteiger charge is 2.45. The van der Waals surface area contributed by atoms with Crippen molar-refractivity contribution in [1.29, 1.82) is 0 Å². The molecule has 0 aliphatic rings. The summed E-state index contributed by atoms with van der Waals surface area (Å²) in [6.45, 7) is 8.76. The maximum Gasteiger partial charge on any atom is 0.499 e. The van der Waals surface area contributed by atoms with Gasteiger partial charge in [-0.15, -0.1) is 0 Å². The van der Waals surface area contributed by atoms with Crippen LogP contribution < -0.4 is 0 Å². The van der Waals surface area contributed by atoms with Crippen LogP contribution in [-0.2, 0) is 17.4 Å². The zero-order valence-electron chi connectivity index (χ0n) is 10.9. The molecule has 0 aromatic carbocycles. The summed E-state index contributed by atoms with van der Waals surface area (Å²) in [6.07, 6.45) is 0. The standard InChI is InChI=1S/C8H24O4Si3.2CH4/c1-9-15(10-2,11-3)8-14(6,7)12-13(4)5;;/h13H,8H2,1-7H3;2*1H4. The van der Waals surface area contributed by atoms with Crippen molar-refractivity contribution in [3.05, 3.63) is 0 Å². The quantitative estimate of drug-likeness (QED) is 0.678. The van der Waals surface area contributed by atoms with E-state index in [0.29, 0.717) is 0 Å². The van der Waals surface area contributed by atoms with Gasteiger partial charge in [0.2, 0.25) is 0 Å². The van der Waals surface area contributed by atoms with Crippen LogP contribution in [0.3, 0.4) is 0 Å². The molecule has 108 valence electrons. The first kappa shape index (κ1) is 22.7. The van der Waals surface area contributed by atoms with Gasteiger partial charge in [-0.05, 0) is 26.2 Å². The zero-order valence-corrected chi connectivity index (χ0v) is 14.1. The normalized spacial score (nSPS) is 12.0. The molecule has 0 aromatic rings. The first-order valence-corrected chi connectivity index (χ1v) is 13.0. The second-order valence-electron chi connectivity index (χ2n) is 4.40. The highest BCUT2D eigenvalue weighted by molar-refractivity contribution is 6.88. The van der Waals surface area contributed by atoms with E-state index in [2.05, 4.69) is 26.2 Å². The minimum Gasteiger partial charge on any atom is -0.458 e. The molecule has 0 fully saturated rings. The van der Waals surface area contributed by atoms with Gasteiger partial charge in [-0.3, -0.25) is 0 Å². The monoisotopic (exact) mass is 300 g/mol. The van der Waals surface area contributed by atoms with Crippen LogP contribution in [0, 0.1) is 0 Å². The highest BCUT2D eigenvalue weighted by Crippen LogP contribution is 2.23. The van der Waals surface area contributed by atoms with Gasteiger partial charge in [0.05, 0.1) is 0 Å². The molecule has 17 heavy (non-hydrogen) atoms. The molecule has 0 saturated heterocycles. The molecule has 0 spiro atoms. The third-order valence-corrected chi connectivity index (χ3v) is 13.6. The van der Waals surface area contributed by atoms with Crippen molar-refractivity contribution in [2.45, 2.75) is 46.7 Å². The Morgan fingerprint density at radius 1 is 0.882 bits per heavy atom. The molecule has 0 amide bonds. The van der Waals surface area contributed by atoms with Gasteiger partial charge >= 0.3 is 8.80 Å². The molecule has 0 radical (unpaired) electrons. The van der Waals surface area contributed by atoms with Gasteiger partial charge in [0, 0.05) is 27.0 Å². The van der Waals surface area contributed by atoms with Crippen LogP contribution >= 0.6 is 0 Å². The van der Waals surface area contributed by atoms with Gasteiger partial charge in [0.1, 0.15) is 0 Å². The van der Waals surface area contributed by atoms with Crippen LogP contribution in [0.4, 0.5) is 0 Å². The Hall–Kier alpha value is 0.491. The smallest absolute Gasteiger partial charge is 0.458 e. The SMILES string of the molecule is C.C.CO[Si](C[Si](C)(C)O[SiH](C)C)(OC)OC. The summed E-state index contributed by atoms with van der Waals surface area (Å²) in [7, 11) is -0.230. The predicted octanol–water partition coefficient (Wildman–Crippen LogP) is 2.88. The van der Waals surface area contributed by atoms with Gasteiger partial charge in [-0.25, -0.2) is 0 Å². The lowest BCUT2D eigenvalue weighted by Crippen LogP contribution is -2.52. The maximum atomic E-state index is 6.07. The Labute approximate surface area is 112 Å². The van der Waals surface area contributed by atoms with Crippen LogP contribution in [0.5, 0.6) is 0 Å². The molecule has 0 aliphatic carbocycles. The summed E-state index contributed by atoms with van der Waals surface area (Å²) >= 11 is 0. The van der Waals surface area contributed by atoms with E-state index < -0.39 is 26.2 Å². The molecule has 0 heterocycles. The Bertz CT molecular complexity index is 176. The Kier molecular flexibility index (Phi) is 12.6. The Morgan fingerprint density at radius 3 is 1.47 bits per heavy atom. The lowest BCUT2D eigenvalue weighted by molar-refractivity contribution is 0.127. The van der Waals surface area contributed by atoms with Crippen LogP contribution in [0.2, 0.25) is 31.9 Å². The molecule has 0 unspecified atom stereocenters. The molecular formula is C10H32O4Si3. The van der Waals surface area contributed by atoms with E-state index in [4.69, 9.17) is 17.4 Å². The first-order chi connectivity index (χ1) is 6.81. The van der Waals surface area contributed by atoms with Crippen molar-refractivity contribution in [2.24, 2.45) is 0 Å². The molecule has 0 aromatic heterocycles. The summed E-state index contributed by atoms with van der Waals surface area (Å²) in [5.74, 6) is 0. The first-order valence-electron chi connectivity index (χ1n) is 5.14. The fourth-order valence-corrected chi connectivity index (χ4v) is 14.3. The minimum absolute atomic E-state index is 0. The molecule has 4 nitrogen and oxygen atoms in total. The van der Waals surface area contributed by atoms with Crippen LogP contribution in [-0.4, -0.2) is 47.5 Å². The average molecular weight is 301 g/mol. The van der Waals surface area contributed by atoms with Crippen molar-refractivity contribution >= 4 is 26.2 Å². The van der Waals surface area contributed by atoms with Crippen molar-refractivity contribution in [3.8, 4) is 0 Å². The van der Waals surface area contributed by atoms with Gasteiger partial charge < -0.3 is 17.4 Å². The molecule has 0 bridgehead atoms. The average Bonchev–Trinajstić information content (AvgIpc) is 2.12. The Balaban J connectivity index is -0.000000980. The number of hydrogen-bond acceptors (Lipinski definition) is 4. The lowest BCUT2D eigenvalue weighted by atomic mass is 11.8. The van der Waals surface area contributed by atoms with Crippen molar-refractivity contribution in [3.63, 3.8) is 0 Å². The van der Waals surface area contributed by atoms with E-state index in [1.807, 2.05) is 0 Å². The van der Waals surface area contributed by atoms with E-state index in [0.717, 1.165) is 5.67 Å². The zero-order chi connectivity index (χ0) is 12.1. The second-order valence-corrected chi connectivity index (χ2v) is 15.0. The molecule has 0 N–H and O–H groups in total. The summed E-state index contributed by atoms with van der Waals surface area (Å²) < 4.78 is 22.3. The van der Waals surface area contributed by atoms with Crippen molar-refractivity contribution in [2.75, 3.05) is 21.3 Å². The minimum atomic E-state index is -2.46. The van der Waals surface area contributed by atoms with E-state index in [1.165, 1.54) is 0 Å². The van der Waals surface area contributed by atoms with E-state index in [1.54, 1.807) is 21.3 Å². The molecule has 0 saturated carbocycles. The van der Waals surface area contributed by atoms with Gasteiger partial charge in [-0.1, -0.05) is 14.9 Å². The van der Waals surface area contributed by atoms with Crippen LogP contribution in [0.25, 0.3) is 0 Å². The molecule has 0 rings (SSSR count). The summed E-state index contributed by atoms with van der Waals surface area (Å²) in [5, 5.41) is 0. The van der Waals surface area contributed by atoms with E-state index in [-0.39, 0.29) is 14.9 Å². The fraction of sp³-hybridized carbons (Fsp3) is 1.00. The van der Waals surface area contributed by atoms with Gasteiger partial charge in [0.15, 0.2) is 17.4 Å². The third kappa shape index (κ3) is 8.25. The molecular weight excluding hydrogens is 268 g/mol. The third-order valence-electron chi connectivity index (χ3n) is 2.13. The largest absolute Gasteiger partial charge is 0.499 e. The summed E-state index contributed by atoms with van der Waals surface area (Å²) in [6, 6.07) is 0. The topological polar surface area (TPSA) is 36.9 Å². The lowest BCUT2D eigenvalue weighted by Gasteiger charge is -2.33. The van der Waals surface area contributed by atoms with Crippen LogP contribution in [0.1, 0.15) is 14.9 Å². The summed E-state index contributed by atoms with van der Waals surface area (Å²) in [4.78, 5) is 0. The van der Waals surface area contributed by atoms with Gasteiger partial charge in [0.25, 0.3) is 0 Å². The van der Waals surface area contributed by atoms with Gasteiger partial charge in [-0.2, -0.15) is 0 Å². The van der Waals surface area contributed by atoms with E-state index in [9.17, 15) is 0 Å². The molecule has 0 aliphatic heterocycles. The highest BCUT2D eigenvalue weighted by atomic mass is 28.5. The molecule has 0 atom stereocenters. The number of rotatable bonds is 7. The van der Waals surface area contributed by atoms with Crippen molar-refractivity contribution < 1.29 is 17.4 Å². The summed E-state index contributed by atoms with van der Waals surface area (Å²) in [5.41, 5.74) is 0.814. The molecule has 7 heteroatoms. The fourth-order valence-electron chi connectivity index (χ4n) is 1.67. The van der Waals surface area contributed by atoms with Crippen molar-refractivity contribution in [1.82, 2.24) is 0 Å². The van der Waals surface area contributed by atoms with Crippen LogP contribution in [0.15, 0.2) is 0 Å². The number of hydrogen-bond donors (Lipinski definition) is 0. The maximum absolute atomic E-state index is 6.07. The van der Waals surface area contributed by atoms with E-state index >= 15 is 0 Å². The Morgan fingerprint density at radius 2 is 1.24 bits per heavy atom.